The summed E-state index contributed by atoms with van der Waals surface area (Å²) in [6.45, 7) is 0.263. The standard InChI is InChI=1S/C12H14FNO4S/c1-18-12(15)11-3-2-8-14(11)19(16,17)10-6-4-9(13)5-7-10/h4-7,11H,2-3,8H2,1H3. The molecule has 2 rings (SSSR count). The van der Waals surface area contributed by atoms with Crippen molar-refractivity contribution in [3.05, 3.63) is 30.1 Å². The van der Waals surface area contributed by atoms with E-state index in [9.17, 15) is 17.6 Å². The molecule has 5 nitrogen and oxygen atoms in total. The fourth-order valence-electron chi connectivity index (χ4n) is 2.14. The minimum absolute atomic E-state index is 0.0234. The van der Waals surface area contributed by atoms with Crippen LogP contribution in [-0.2, 0) is 19.6 Å². The lowest BCUT2D eigenvalue weighted by molar-refractivity contribution is -0.144. The summed E-state index contributed by atoms with van der Waals surface area (Å²) in [5, 5.41) is 0. The summed E-state index contributed by atoms with van der Waals surface area (Å²) >= 11 is 0. The lowest BCUT2D eigenvalue weighted by Gasteiger charge is -2.22. The fraction of sp³-hybridized carbons (Fsp3) is 0.417. The highest BCUT2D eigenvalue weighted by Crippen LogP contribution is 2.26. The van der Waals surface area contributed by atoms with Crippen molar-refractivity contribution in [1.82, 2.24) is 4.31 Å². The van der Waals surface area contributed by atoms with Gasteiger partial charge in [0.05, 0.1) is 12.0 Å². The normalized spacial score (nSPS) is 20.4. The topological polar surface area (TPSA) is 63.7 Å². The van der Waals surface area contributed by atoms with Crippen LogP contribution in [0.4, 0.5) is 4.39 Å². The maximum atomic E-state index is 12.8. The van der Waals surface area contributed by atoms with Gasteiger partial charge in [0, 0.05) is 6.54 Å². The molecule has 1 fully saturated rings. The molecule has 0 radical (unpaired) electrons. The van der Waals surface area contributed by atoms with Crippen LogP contribution in [0.2, 0.25) is 0 Å². The third-order valence-electron chi connectivity index (χ3n) is 3.10. The van der Waals surface area contributed by atoms with Crippen molar-refractivity contribution in [3.8, 4) is 0 Å². The van der Waals surface area contributed by atoms with Crippen LogP contribution in [0.1, 0.15) is 12.8 Å². The van der Waals surface area contributed by atoms with Gasteiger partial charge in [0.25, 0.3) is 0 Å². The number of methoxy groups -OCH3 is 1. The number of halogens is 1. The molecule has 1 aromatic carbocycles. The highest BCUT2D eigenvalue weighted by Gasteiger charge is 2.40. The number of ether oxygens (including phenoxy) is 1. The van der Waals surface area contributed by atoms with Gasteiger partial charge < -0.3 is 4.74 Å². The van der Waals surface area contributed by atoms with E-state index < -0.39 is 27.9 Å². The number of carbonyl (C=O) groups excluding carboxylic acids is 1. The molecule has 1 saturated heterocycles. The van der Waals surface area contributed by atoms with Gasteiger partial charge in [-0.2, -0.15) is 4.31 Å². The second kappa shape index (κ2) is 5.26. The van der Waals surface area contributed by atoms with E-state index in [1.165, 1.54) is 19.2 Å². The van der Waals surface area contributed by atoms with Gasteiger partial charge >= 0.3 is 5.97 Å². The second-order valence-corrected chi connectivity index (χ2v) is 6.14. The number of rotatable bonds is 3. The molecule has 1 aromatic rings. The predicted molar refractivity (Wildman–Crippen MR) is 65.3 cm³/mol. The summed E-state index contributed by atoms with van der Waals surface area (Å²) in [5.41, 5.74) is 0. The molecule has 0 saturated carbocycles. The van der Waals surface area contributed by atoms with Crippen molar-refractivity contribution in [3.63, 3.8) is 0 Å². The number of sulfonamides is 1. The van der Waals surface area contributed by atoms with Crippen molar-refractivity contribution in [2.45, 2.75) is 23.8 Å². The van der Waals surface area contributed by atoms with Crippen LogP contribution in [0.25, 0.3) is 0 Å². The second-order valence-electron chi connectivity index (χ2n) is 4.25. The van der Waals surface area contributed by atoms with Crippen LogP contribution in [0, 0.1) is 5.82 Å². The van der Waals surface area contributed by atoms with E-state index in [0.717, 1.165) is 16.4 Å². The molecule has 0 amide bonds. The Balaban J connectivity index is 2.33. The van der Waals surface area contributed by atoms with Crippen molar-refractivity contribution in [2.75, 3.05) is 13.7 Å². The molecule has 0 spiro atoms. The number of benzene rings is 1. The van der Waals surface area contributed by atoms with Crippen LogP contribution in [0.5, 0.6) is 0 Å². The maximum Gasteiger partial charge on any atom is 0.324 e. The van der Waals surface area contributed by atoms with Gasteiger partial charge in [-0.3, -0.25) is 4.79 Å². The molecule has 1 atom stereocenters. The molecule has 104 valence electrons. The summed E-state index contributed by atoms with van der Waals surface area (Å²) in [4.78, 5) is 11.5. The predicted octanol–water partition coefficient (Wildman–Crippen LogP) is 1.15. The first-order valence-corrected chi connectivity index (χ1v) is 7.26. The summed E-state index contributed by atoms with van der Waals surface area (Å²) in [5.74, 6) is -1.08. The third-order valence-corrected chi connectivity index (χ3v) is 5.02. The van der Waals surface area contributed by atoms with Crippen LogP contribution >= 0.6 is 0 Å². The number of nitrogens with zero attached hydrogens (tertiary/aromatic N) is 1. The molecule has 1 unspecified atom stereocenters. The lowest BCUT2D eigenvalue weighted by Crippen LogP contribution is -2.41. The van der Waals surface area contributed by atoms with Crippen molar-refractivity contribution in [1.29, 1.82) is 0 Å². The Hall–Kier alpha value is -1.47. The van der Waals surface area contributed by atoms with Crippen molar-refractivity contribution in [2.24, 2.45) is 0 Å². The monoisotopic (exact) mass is 287 g/mol. The van der Waals surface area contributed by atoms with Gasteiger partial charge in [-0.1, -0.05) is 0 Å². The van der Waals surface area contributed by atoms with Gasteiger partial charge in [0.1, 0.15) is 11.9 Å². The summed E-state index contributed by atoms with van der Waals surface area (Å²) in [6.07, 6.45) is 1.04. The lowest BCUT2D eigenvalue weighted by atomic mass is 10.2. The van der Waals surface area contributed by atoms with Crippen LogP contribution < -0.4 is 0 Å². The van der Waals surface area contributed by atoms with E-state index in [4.69, 9.17) is 0 Å². The highest BCUT2D eigenvalue weighted by atomic mass is 32.2. The van der Waals surface area contributed by atoms with E-state index in [-0.39, 0.29) is 11.4 Å². The molecule has 0 aromatic heterocycles. The largest absolute Gasteiger partial charge is 0.468 e. The Kier molecular flexibility index (Phi) is 3.86. The van der Waals surface area contributed by atoms with Crippen molar-refractivity contribution < 1.29 is 22.3 Å². The van der Waals surface area contributed by atoms with Gasteiger partial charge in [-0.05, 0) is 37.1 Å². The van der Waals surface area contributed by atoms with Crippen LogP contribution in [-0.4, -0.2) is 38.4 Å². The van der Waals surface area contributed by atoms with E-state index in [1.807, 2.05) is 0 Å². The summed E-state index contributed by atoms with van der Waals surface area (Å²) < 4.78 is 43.3. The first kappa shape index (κ1) is 14.0. The van der Waals surface area contributed by atoms with E-state index in [2.05, 4.69) is 4.74 Å². The molecule has 0 aliphatic carbocycles. The number of hydrogen-bond donors (Lipinski definition) is 0. The van der Waals surface area contributed by atoms with E-state index >= 15 is 0 Å². The number of carbonyl (C=O) groups is 1. The summed E-state index contributed by atoms with van der Waals surface area (Å²) in [6, 6.07) is 3.75. The molecule has 0 bridgehead atoms. The fourth-order valence-corrected chi connectivity index (χ4v) is 3.79. The Bertz CT molecular complexity index is 570. The van der Waals surface area contributed by atoms with Gasteiger partial charge in [-0.25, -0.2) is 12.8 Å². The minimum atomic E-state index is -3.79. The first-order chi connectivity index (χ1) is 8.96. The Labute approximate surface area is 111 Å². The third kappa shape index (κ3) is 2.62. The Morgan fingerprint density at radius 3 is 2.58 bits per heavy atom. The van der Waals surface area contributed by atoms with E-state index in [0.29, 0.717) is 12.8 Å². The van der Waals surface area contributed by atoms with Gasteiger partial charge in [-0.15, -0.1) is 0 Å². The highest BCUT2D eigenvalue weighted by molar-refractivity contribution is 7.89. The molecule has 1 heterocycles. The smallest absolute Gasteiger partial charge is 0.324 e. The minimum Gasteiger partial charge on any atom is -0.468 e. The van der Waals surface area contributed by atoms with Crippen LogP contribution in [0.3, 0.4) is 0 Å². The van der Waals surface area contributed by atoms with Crippen molar-refractivity contribution >= 4 is 16.0 Å². The average molecular weight is 287 g/mol. The average Bonchev–Trinajstić information content (AvgIpc) is 2.88. The first-order valence-electron chi connectivity index (χ1n) is 5.82. The molecule has 1 aliphatic rings. The maximum absolute atomic E-state index is 12.8. The van der Waals surface area contributed by atoms with Gasteiger partial charge in [0.15, 0.2) is 0 Å². The number of hydrogen-bond acceptors (Lipinski definition) is 4. The number of esters is 1. The molecular weight excluding hydrogens is 273 g/mol. The zero-order chi connectivity index (χ0) is 14.0. The SMILES string of the molecule is COC(=O)C1CCCN1S(=O)(=O)c1ccc(F)cc1. The molecule has 19 heavy (non-hydrogen) atoms. The zero-order valence-electron chi connectivity index (χ0n) is 10.4. The Morgan fingerprint density at radius 2 is 2.00 bits per heavy atom. The molecule has 0 N–H and O–H groups in total. The zero-order valence-corrected chi connectivity index (χ0v) is 11.2. The van der Waals surface area contributed by atoms with E-state index in [1.54, 1.807) is 0 Å². The molecule has 7 heteroatoms. The quantitative estimate of drug-likeness (QED) is 0.782. The van der Waals surface area contributed by atoms with Crippen LogP contribution in [0.15, 0.2) is 29.2 Å². The summed E-state index contributed by atoms with van der Waals surface area (Å²) in [7, 11) is -2.57. The molecule has 1 aliphatic heterocycles. The van der Waals surface area contributed by atoms with Gasteiger partial charge in [0.2, 0.25) is 10.0 Å². The Morgan fingerprint density at radius 1 is 1.37 bits per heavy atom. The molecular formula is C12H14FNO4S.